The Balaban J connectivity index is 1.62. The van der Waals surface area contributed by atoms with E-state index >= 15 is 0 Å². The van der Waals surface area contributed by atoms with Crippen LogP contribution in [0.15, 0.2) is 36.4 Å². The summed E-state index contributed by atoms with van der Waals surface area (Å²) in [6, 6.07) is 11.5. The molecule has 1 saturated heterocycles. The van der Waals surface area contributed by atoms with Gasteiger partial charge in [0, 0.05) is 25.2 Å². The normalized spacial score (nSPS) is 16.2. The van der Waals surface area contributed by atoms with E-state index in [2.05, 4.69) is 5.32 Å². The molecule has 0 aliphatic carbocycles. The van der Waals surface area contributed by atoms with E-state index in [9.17, 15) is 9.59 Å². The molecule has 1 aliphatic rings. The first kappa shape index (κ1) is 19.7. The lowest BCUT2D eigenvalue weighted by Gasteiger charge is -2.18. The van der Waals surface area contributed by atoms with Gasteiger partial charge < -0.3 is 19.7 Å². The topological polar surface area (TPSA) is 67.9 Å². The molecule has 6 heteroatoms. The lowest BCUT2D eigenvalue weighted by Crippen LogP contribution is -2.32. The highest BCUT2D eigenvalue weighted by atomic mass is 16.5. The van der Waals surface area contributed by atoms with Gasteiger partial charge in [-0.2, -0.15) is 0 Å². The Hall–Kier alpha value is -3.02. The Morgan fingerprint density at radius 2 is 1.82 bits per heavy atom. The molecule has 2 aromatic rings. The highest BCUT2D eigenvalue weighted by Gasteiger charge is 2.35. The molecule has 0 saturated carbocycles. The number of hydrogen-bond acceptors (Lipinski definition) is 4. The minimum atomic E-state index is -0.353. The van der Waals surface area contributed by atoms with Crippen molar-refractivity contribution in [1.82, 2.24) is 5.32 Å². The number of rotatable bonds is 6. The van der Waals surface area contributed by atoms with Crippen LogP contribution >= 0.6 is 0 Å². The van der Waals surface area contributed by atoms with Gasteiger partial charge in [0.25, 0.3) is 0 Å². The van der Waals surface area contributed by atoms with Crippen LogP contribution in [0, 0.1) is 19.8 Å². The van der Waals surface area contributed by atoms with Crippen molar-refractivity contribution in [2.45, 2.75) is 26.8 Å². The summed E-state index contributed by atoms with van der Waals surface area (Å²) in [5, 5.41) is 2.93. The fourth-order valence-corrected chi connectivity index (χ4v) is 3.35. The number of anilines is 1. The monoisotopic (exact) mass is 382 g/mol. The van der Waals surface area contributed by atoms with Crippen molar-refractivity contribution < 1.29 is 19.1 Å². The van der Waals surface area contributed by atoms with Crippen LogP contribution in [0.4, 0.5) is 5.69 Å². The standard InChI is InChI=1S/C22H26N2O4/c1-14-5-7-18(9-15(14)2)24-13-17(11-21(24)25)22(26)23-12-16-6-8-19(27-3)20(10-16)28-4/h5-10,17H,11-13H2,1-4H3,(H,23,26)/t17-/m0/s1. The van der Waals surface area contributed by atoms with Crippen LogP contribution < -0.4 is 19.7 Å². The van der Waals surface area contributed by atoms with Gasteiger partial charge in [0.15, 0.2) is 11.5 Å². The van der Waals surface area contributed by atoms with E-state index in [1.54, 1.807) is 25.2 Å². The zero-order chi connectivity index (χ0) is 20.3. The van der Waals surface area contributed by atoms with Gasteiger partial charge in [-0.25, -0.2) is 0 Å². The summed E-state index contributed by atoms with van der Waals surface area (Å²) in [4.78, 5) is 26.7. The molecular weight excluding hydrogens is 356 g/mol. The molecule has 0 aromatic heterocycles. The quantitative estimate of drug-likeness (QED) is 0.834. The molecule has 3 rings (SSSR count). The smallest absolute Gasteiger partial charge is 0.227 e. The van der Waals surface area contributed by atoms with Crippen LogP contribution in [-0.2, 0) is 16.1 Å². The van der Waals surface area contributed by atoms with Crippen LogP contribution in [0.1, 0.15) is 23.1 Å². The second kappa shape index (κ2) is 8.33. The first-order valence-electron chi connectivity index (χ1n) is 9.29. The molecule has 0 radical (unpaired) electrons. The number of nitrogens with zero attached hydrogens (tertiary/aromatic N) is 1. The molecule has 0 unspecified atom stereocenters. The van der Waals surface area contributed by atoms with Gasteiger partial charge in [0.05, 0.1) is 20.1 Å². The predicted molar refractivity (Wildman–Crippen MR) is 108 cm³/mol. The van der Waals surface area contributed by atoms with E-state index in [0.29, 0.717) is 24.6 Å². The van der Waals surface area contributed by atoms with Crippen molar-refractivity contribution in [3.05, 3.63) is 53.1 Å². The molecule has 6 nitrogen and oxygen atoms in total. The molecule has 1 N–H and O–H groups in total. The van der Waals surface area contributed by atoms with Gasteiger partial charge in [-0.3, -0.25) is 9.59 Å². The first-order chi connectivity index (χ1) is 13.4. The van der Waals surface area contributed by atoms with E-state index in [-0.39, 0.29) is 24.2 Å². The van der Waals surface area contributed by atoms with Gasteiger partial charge >= 0.3 is 0 Å². The number of methoxy groups -OCH3 is 2. The maximum atomic E-state index is 12.6. The number of nitrogens with one attached hydrogen (secondary N) is 1. The third kappa shape index (κ3) is 4.11. The first-order valence-corrected chi connectivity index (χ1v) is 9.29. The third-order valence-corrected chi connectivity index (χ3v) is 5.21. The fraction of sp³-hybridized carbons (Fsp3) is 0.364. The van der Waals surface area contributed by atoms with Gasteiger partial charge in [-0.05, 0) is 54.8 Å². The molecule has 0 bridgehead atoms. The van der Waals surface area contributed by atoms with Crippen LogP contribution in [0.5, 0.6) is 11.5 Å². The third-order valence-electron chi connectivity index (χ3n) is 5.21. The summed E-state index contributed by atoms with van der Waals surface area (Å²) in [6.07, 6.45) is 0.227. The van der Waals surface area contributed by atoms with Crippen LogP contribution in [0.2, 0.25) is 0 Å². The van der Waals surface area contributed by atoms with Crippen molar-refractivity contribution in [2.24, 2.45) is 5.92 Å². The van der Waals surface area contributed by atoms with Crippen LogP contribution in [0.25, 0.3) is 0 Å². The van der Waals surface area contributed by atoms with Gasteiger partial charge in [-0.15, -0.1) is 0 Å². The number of benzene rings is 2. The van der Waals surface area contributed by atoms with Gasteiger partial charge in [0.1, 0.15) is 0 Å². The van der Waals surface area contributed by atoms with Gasteiger partial charge in [0.2, 0.25) is 11.8 Å². The number of ether oxygens (including phenoxy) is 2. The van der Waals surface area contributed by atoms with E-state index < -0.39 is 0 Å². The Morgan fingerprint density at radius 3 is 2.50 bits per heavy atom. The SMILES string of the molecule is COc1ccc(CNC(=O)[C@H]2CC(=O)N(c3ccc(C)c(C)c3)C2)cc1OC. The zero-order valence-corrected chi connectivity index (χ0v) is 16.7. The van der Waals surface area contributed by atoms with Crippen molar-refractivity contribution in [2.75, 3.05) is 25.7 Å². The average Bonchev–Trinajstić information content (AvgIpc) is 3.09. The molecule has 1 aliphatic heterocycles. The van der Waals surface area contributed by atoms with Crippen molar-refractivity contribution >= 4 is 17.5 Å². The van der Waals surface area contributed by atoms with Crippen molar-refractivity contribution in [3.8, 4) is 11.5 Å². The minimum Gasteiger partial charge on any atom is -0.493 e. The van der Waals surface area contributed by atoms with E-state index in [1.165, 1.54) is 5.56 Å². The van der Waals surface area contributed by atoms with E-state index in [4.69, 9.17) is 9.47 Å². The summed E-state index contributed by atoms with van der Waals surface area (Å²) < 4.78 is 10.5. The summed E-state index contributed by atoms with van der Waals surface area (Å²) >= 11 is 0. The molecular formula is C22H26N2O4. The second-order valence-corrected chi connectivity index (χ2v) is 7.08. The fourth-order valence-electron chi connectivity index (χ4n) is 3.35. The minimum absolute atomic E-state index is 0.0190. The number of aryl methyl sites for hydroxylation is 2. The van der Waals surface area contributed by atoms with Crippen LogP contribution in [0.3, 0.4) is 0 Å². The Kier molecular flexibility index (Phi) is 5.87. The summed E-state index contributed by atoms with van der Waals surface area (Å²) in [5.74, 6) is 0.771. The van der Waals surface area contributed by atoms with Crippen molar-refractivity contribution in [1.29, 1.82) is 0 Å². The van der Waals surface area contributed by atoms with Crippen molar-refractivity contribution in [3.63, 3.8) is 0 Å². The van der Waals surface area contributed by atoms with Crippen LogP contribution in [-0.4, -0.2) is 32.6 Å². The molecule has 1 atom stereocenters. The lowest BCUT2D eigenvalue weighted by molar-refractivity contribution is -0.126. The largest absolute Gasteiger partial charge is 0.493 e. The van der Waals surface area contributed by atoms with E-state index in [1.807, 2.05) is 44.2 Å². The zero-order valence-electron chi connectivity index (χ0n) is 16.7. The highest BCUT2D eigenvalue weighted by molar-refractivity contribution is 6.00. The summed E-state index contributed by atoms with van der Waals surface area (Å²) in [5.41, 5.74) is 4.07. The summed E-state index contributed by atoms with van der Waals surface area (Å²) in [7, 11) is 3.16. The number of carbonyl (C=O) groups excluding carboxylic acids is 2. The number of amides is 2. The molecule has 0 spiro atoms. The second-order valence-electron chi connectivity index (χ2n) is 7.08. The van der Waals surface area contributed by atoms with E-state index in [0.717, 1.165) is 16.8 Å². The molecule has 2 amide bonds. The predicted octanol–water partition coefficient (Wildman–Crippen LogP) is 2.99. The lowest BCUT2D eigenvalue weighted by atomic mass is 10.1. The molecule has 28 heavy (non-hydrogen) atoms. The Labute approximate surface area is 165 Å². The molecule has 2 aromatic carbocycles. The number of carbonyl (C=O) groups is 2. The Bertz CT molecular complexity index is 894. The Morgan fingerprint density at radius 1 is 1.07 bits per heavy atom. The molecule has 1 fully saturated rings. The molecule has 1 heterocycles. The average molecular weight is 382 g/mol. The maximum absolute atomic E-state index is 12.6. The highest BCUT2D eigenvalue weighted by Crippen LogP contribution is 2.28. The molecule has 148 valence electrons. The van der Waals surface area contributed by atoms with Gasteiger partial charge in [-0.1, -0.05) is 12.1 Å². The maximum Gasteiger partial charge on any atom is 0.227 e. The summed E-state index contributed by atoms with van der Waals surface area (Å²) in [6.45, 7) is 4.83. The number of hydrogen-bond donors (Lipinski definition) is 1.